The molecule has 1 aromatic heterocycles. The van der Waals surface area contributed by atoms with E-state index < -0.39 is 5.82 Å². The van der Waals surface area contributed by atoms with Gasteiger partial charge in [-0.15, -0.1) is 0 Å². The minimum absolute atomic E-state index is 0.0300. The van der Waals surface area contributed by atoms with Crippen LogP contribution in [0.25, 0.3) is 0 Å². The van der Waals surface area contributed by atoms with Crippen LogP contribution in [0, 0.1) is 11.7 Å². The molecule has 15 heavy (non-hydrogen) atoms. The highest BCUT2D eigenvalue weighted by molar-refractivity contribution is 6.30. The van der Waals surface area contributed by atoms with Crippen LogP contribution >= 0.6 is 11.6 Å². The summed E-state index contributed by atoms with van der Waals surface area (Å²) in [6, 6.07) is 1.20. The number of pyridine rings is 1. The summed E-state index contributed by atoms with van der Waals surface area (Å²) in [7, 11) is 0. The van der Waals surface area contributed by atoms with Gasteiger partial charge in [-0.25, -0.2) is 9.37 Å². The van der Waals surface area contributed by atoms with E-state index >= 15 is 0 Å². The van der Waals surface area contributed by atoms with E-state index in [0.29, 0.717) is 12.5 Å². The van der Waals surface area contributed by atoms with Crippen LogP contribution in [0.3, 0.4) is 0 Å². The number of nitrogens with zero attached hydrogens (tertiary/aromatic N) is 1. The van der Waals surface area contributed by atoms with Gasteiger partial charge in [0.1, 0.15) is 0 Å². The molecular weight excluding hydrogens is 217 g/mol. The van der Waals surface area contributed by atoms with Gasteiger partial charge in [-0.05, 0) is 18.4 Å². The zero-order chi connectivity index (χ0) is 11.3. The van der Waals surface area contributed by atoms with Crippen molar-refractivity contribution < 1.29 is 9.13 Å². The third-order valence-corrected chi connectivity index (χ3v) is 2.27. The van der Waals surface area contributed by atoms with Crippen LogP contribution in [-0.4, -0.2) is 11.6 Å². The number of halogens is 2. The number of rotatable bonds is 5. The molecule has 0 saturated carbocycles. The second-order valence-electron chi connectivity index (χ2n) is 3.65. The molecule has 0 N–H and O–H groups in total. The molecule has 0 aliphatic rings. The quantitative estimate of drug-likeness (QED) is 0.771. The minimum atomic E-state index is -0.508. The fraction of sp³-hybridized carbons (Fsp3) is 0.545. The third-order valence-electron chi connectivity index (χ3n) is 2.06. The van der Waals surface area contributed by atoms with Crippen LogP contribution in [0.4, 0.5) is 4.39 Å². The molecule has 1 aromatic rings. The highest BCUT2D eigenvalue weighted by Crippen LogP contribution is 2.18. The molecule has 0 spiro atoms. The fourth-order valence-corrected chi connectivity index (χ4v) is 1.45. The highest BCUT2D eigenvalue weighted by Gasteiger charge is 2.08. The molecule has 1 heterocycles. The lowest BCUT2D eigenvalue weighted by atomic mass is 10.1. The Balaban J connectivity index is 2.50. The van der Waals surface area contributed by atoms with Crippen molar-refractivity contribution in [3.8, 4) is 5.88 Å². The zero-order valence-corrected chi connectivity index (χ0v) is 9.72. The lowest BCUT2D eigenvalue weighted by Gasteiger charge is -2.11. The first-order chi connectivity index (χ1) is 7.13. The van der Waals surface area contributed by atoms with Crippen molar-refractivity contribution in [2.24, 2.45) is 5.92 Å². The van der Waals surface area contributed by atoms with Gasteiger partial charge in [0.15, 0.2) is 5.82 Å². The van der Waals surface area contributed by atoms with E-state index in [1.807, 2.05) is 0 Å². The molecule has 0 aromatic carbocycles. The second kappa shape index (κ2) is 5.91. The first-order valence-electron chi connectivity index (χ1n) is 5.07. The Morgan fingerprint density at radius 1 is 1.60 bits per heavy atom. The highest BCUT2D eigenvalue weighted by atomic mass is 35.5. The smallest absolute Gasteiger partial charge is 0.250 e. The maximum atomic E-state index is 13.2. The average molecular weight is 232 g/mol. The molecule has 2 nitrogen and oxygen atoms in total. The van der Waals surface area contributed by atoms with Crippen LogP contribution in [0.15, 0.2) is 12.3 Å². The summed E-state index contributed by atoms with van der Waals surface area (Å²) in [6.07, 6.45) is 3.54. The Kier molecular flexibility index (Phi) is 4.82. The lowest BCUT2D eigenvalue weighted by Crippen LogP contribution is -2.09. The molecule has 1 unspecified atom stereocenters. The standard InChI is InChI=1S/C11H15ClFNO/c1-3-4-8(2)7-15-11-10(13)5-9(12)6-14-11/h5-6,8H,3-4,7H2,1-2H3. The van der Waals surface area contributed by atoms with E-state index in [4.69, 9.17) is 16.3 Å². The van der Waals surface area contributed by atoms with Gasteiger partial charge in [0.05, 0.1) is 11.6 Å². The first kappa shape index (κ1) is 12.2. The number of aromatic nitrogens is 1. The van der Waals surface area contributed by atoms with E-state index in [0.717, 1.165) is 12.8 Å². The van der Waals surface area contributed by atoms with E-state index in [2.05, 4.69) is 18.8 Å². The molecule has 0 aliphatic heterocycles. The Bertz CT molecular complexity index is 319. The average Bonchev–Trinajstić information content (AvgIpc) is 2.17. The number of hydrogen-bond donors (Lipinski definition) is 0. The van der Waals surface area contributed by atoms with Gasteiger partial charge >= 0.3 is 0 Å². The van der Waals surface area contributed by atoms with E-state index in [1.54, 1.807) is 0 Å². The molecule has 0 fully saturated rings. The van der Waals surface area contributed by atoms with Crippen molar-refractivity contribution >= 4 is 11.6 Å². The summed E-state index contributed by atoms with van der Waals surface area (Å²) in [5, 5.41) is 0.279. The predicted octanol–water partition coefficient (Wildman–Crippen LogP) is 3.69. The Morgan fingerprint density at radius 2 is 2.33 bits per heavy atom. The monoisotopic (exact) mass is 231 g/mol. The van der Waals surface area contributed by atoms with Gasteiger partial charge in [0, 0.05) is 6.20 Å². The molecule has 0 saturated heterocycles. The lowest BCUT2D eigenvalue weighted by molar-refractivity contribution is 0.232. The van der Waals surface area contributed by atoms with Gasteiger partial charge in [0.25, 0.3) is 0 Å². The van der Waals surface area contributed by atoms with E-state index in [1.165, 1.54) is 12.3 Å². The van der Waals surface area contributed by atoms with Gasteiger partial charge in [-0.2, -0.15) is 0 Å². The summed E-state index contributed by atoms with van der Waals surface area (Å²) >= 11 is 5.57. The van der Waals surface area contributed by atoms with Gasteiger partial charge < -0.3 is 4.74 Å². The Labute approximate surface area is 94.4 Å². The van der Waals surface area contributed by atoms with Crippen molar-refractivity contribution in [2.45, 2.75) is 26.7 Å². The third kappa shape index (κ3) is 4.04. The molecule has 0 radical (unpaired) electrons. The predicted molar refractivity (Wildman–Crippen MR) is 58.8 cm³/mol. The number of hydrogen-bond acceptors (Lipinski definition) is 2. The van der Waals surface area contributed by atoms with Gasteiger partial charge in [0.2, 0.25) is 5.88 Å². The summed E-state index contributed by atoms with van der Waals surface area (Å²) in [4.78, 5) is 3.78. The van der Waals surface area contributed by atoms with Crippen molar-refractivity contribution in [2.75, 3.05) is 6.61 Å². The van der Waals surface area contributed by atoms with Crippen molar-refractivity contribution in [3.63, 3.8) is 0 Å². The molecule has 0 aliphatic carbocycles. The van der Waals surface area contributed by atoms with Gasteiger partial charge in [-0.1, -0.05) is 31.9 Å². The van der Waals surface area contributed by atoms with E-state index in [9.17, 15) is 4.39 Å². The maximum Gasteiger partial charge on any atom is 0.250 e. The van der Waals surface area contributed by atoms with Crippen LogP contribution < -0.4 is 4.74 Å². The number of ether oxygens (including phenoxy) is 1. The summed E-state index contributed by atoms with van der Waals surface area (Å²) in [5.41, 5.74) is 0. The van der Waals surface area contributed by atoms with Crippen molar-refractivity contribution in [3.05, 3.63) is 23.1 Å². The minimum Gasteiger partial charge on any atom is -0.475 e. The molecular formula is C11H15ClFNO. The van der Waals surface area contributed by atoms with Crippen LogP contribution in [0.1, 0.15) is 26.7 Å². The summed E-state index contributed by atoms with van der Waals surface area (Å²) in [6.45, 7) is 4.66. The fourth-order valence-electron chi connectivity index (χ4n) is 1.31. The summed E-state index contributed by atoms with van der Waals surface area (Å²) in [5.74, 6) is -0.0690. The van der Waals surface area contributed by atoms with E-state index in [-0.39, 0.29) is 10.9 Å². The first-order valence-corrected chi connectivity index (χ1v) is 5.45. The SMILES string of the molecule is CCCC(C)COc1ncc(Cl)cc1F. The molecule has 4 heteroatoms. The van der Waals surface area contributed by atoms with Crippen molar-refractivity contribution in [1.29, 1.82) is 0 Å². The second-order valence-corrected chi connectivity index (χ2v) is 4.08. The molecule has 1 atom stereocenters. The zero-order valence-electron chi connectivity index (χ0n) is 8.96. The largest absolute Gasteiger partial charge is 0.475 e. The van der Waals surface area contributed by atoms with Crippen LogP contribution in [-0.2, 0) is 0 Å². The van der Waals surface area contributed by atoms with Crippen LogP contribution in [0.2, 0.25) is 5.02 Å². The molecule has 1 rings (SSSR count). The van der Waals surface area contributed by atoms with Crippen molar-refractivity contribution in [1.82, 2.24) is 4.98 Å². The molecule has 0 bridgehead atoms. The normalized spacial score (nSPS) is 12.5. The molecule has 84 valence electrons. The van der Waals surface area contributed by atoms with Crippen LogP contribution in [0.5, 0.6) is 5.88 Å². The summed E-state index contributed by atoms with van der Waals surface area (Å²) < 4.78 is 18.5. The Hall–Kier alpha value is -0.830. The Morgan fingerprint density at radius 3 is 2.93 bits per heavy atom. The molecule has 0 amide bonds. The maximum absolute atomic E-state index is 13.2. The van der Waals surface area contributed by atoms with Gasteiger partial charge in [-0.3, -0.25) is 0 Å². The topological polar surface area (TPSA) is 22.1 Å².